The van der Waals surface area contributed by atoms with Crippen LogP contribution in [0.2, 0.25) is 0 Å². The fourth-order valence-corrected chi connectivity index (χ4v) is 5.95. The molecule has 3 aromatic carbocycles. The molecule has 1 atom stereocenters. The molecule has 0 fully saturated rings. The van der Waals surface area contributed by atoms with E-state index in [4.69, 9.17) is 4.74 Å². The molecule has 0 bridgehead atoms. The zero-order chi connectivity index (χ0) is 30.2. The molecule has 220 valence electrons. The molecule has 3 rings (SSSR count). The minimum absolute atomic E-state index is 0.0845. The summed E-state index contributed by atoms with van der Waals surface area (Å²) in [6.45, 7) is 9.72. The summed E-state index contributed by atoms with van der Waals surface area (Å²) in [6, 6.07) is 20.2. The highest BCUT2D eigenvalue weighted by Gasteiger charge is 2.33. The number of aryl methyl sites for hydroxylation is 1. The lowest BCUT2D eigenvalue weighted by Crippen LogP contribution is -2.52. The van der Waals surface area contributed by atoms with Crippen molar-refractivity contribution in [3.63, 3.8) is 0 Å². The summed E-state index contributed by atoms with van der Waals surface area (Å²) in [5.41, 5.74) is 3.14. The summed E-state index contributed by atoms with van der Waals surface area (Å²) in [6.07, 6.45) is 0.363. The van der Waals surface area contributed by atoms with Crippen LogP contribution in [0.1, 0.15) is 56.7 Å². The van der Waals surface area contributed by atoms with Crippen LogP contribution in [0.5, 0.6) is 5.75 Å². The zero-order valence-corrected chi connectivity index (χ0v) is 25.6. The minimum Gasteiger partial charge on any atom is -0.497 e. The first-order chi connectivity index (χ1) is 19.5. The summed E-state index contributed by atoms with van der Waals surface area (Å²) in [7, 11) is -2.54. The number of anilines is 1. The number of carbonyl (C=O) groups excluding carboxylic acids is 2. The number of benzene rings is 3. The molecule has 41 heavy (non-hydrogen) atoms. The van der Waals surface area contributed by atoms with Gasteiger partial charge < -0.3 is 15.0 Å². The molecular formula is C32H41N3O5S. The summed E-state index contributed by atoms with van der Waals surface area (Å²) < 4.78 is 34.4. The normalized spacial score (nSPS) is 12.1. The second-order valence-corrected chi connectivity index (χ2v) is 12.1. The van der Waals surface area contributed by atoms with E-state index in [1.807, 2.05) is 45.0 Å². The van der Waals surface area contributed by atoms with Gasteiger partial charge in [-0.25, -0.2) is 8.42 Å². The molecule has 1 N–H and O–H groups in total. The number of nitrogens with zero attached hydrogens (tertiary/aromatic N) is 2. The van der Waals surface area contributed by atoms with Crippen molar-refractivity contribution < 1.29 is 22.7 Å². The molecule has 8 nitrogen and oxygen atoms in total. The Morgan fingerprint density at radius 2 is 1.51 bits per heavy atom. The van der Waals surface area contributed by atoms with E-state index in [0.717, 1.165) is 21.0 Å². The molecule has 0 radical (unpaired) electrons. The molecular weight excluding hydrogens is 538 g/mol. The summed E-state index contributed by atoms with van der Waals surface area (Å²) in [4.78, 5) is 28.7. The highest BCUT2D eigenvalue weighted by Crippen LogP contribution is 2.27. The van der Waals surface area contributed by atoms with Gasteiger partial charge in [0.2, 0.25) is 11.8 Å². The number of nitrogens with one attached hydrogen (secondary N) is 1. The molecule has 0 heterocycles. The average molecular weight is 580 g/mol. The van der Waals surface area contributed by atoms with Crippen LogP contribution in [-0.2, 0) is 26.2 Å². The van der Waals surface area contributed by atoms with Crippen molar-refractivity contribution in [2.45, 2.75) is 64.4 Å². The number of sulfonamides is 1. The Balaban J connectivity index is 2.06. The lowest BCUT2D eigenvalue weighted by atomic mass is 10.0. The Bertz CT molecular complexity index is 1400. The SMILES string of the molecule is CCNC(=O)[C@@H](CC)N(Cc1ccc(OC)cc1)C(=O)CN(c1ccc(C(C)C)cc1)S(=O)(=O)c1ccc(C)cc1. The number of carbonyl (C=O) groups is 2. The van der Waals surface area contributed by atoms with E-state index in [2.05, 4.69) is 19.2 Å². The van der Waals surface area contributed by atoms with Crippen molar-refractivity contribution in [3.8, 4) is 5.75 Å². The minimum atomic E-state index is -4.11. The molecule has 0 aliphatic rings. The molecule has 0 aliphatic carbocycles. The van der Waals surface area contributed by atoms with Crippen LogP contribution in [0.25, 0.3) is 0 Å². The van der Waals surface area contributed by atoms with Crippen LogP contribution in [0.4, 0.5) is 5.69 Å². The quantitative estimate of drug-likeness (QED) is 0.298. The summed E-state index contributed by atoms with van der Waals surface area (Å²) in [5.74, 6) is 0.159. The van der Waals surface area contributed by atoms with Gasteiger partial charge in [-0.2, -0.15) is 0 Å². The topological polar surface area (TPSA) is 96.0 Å². The van der Waals surface area contributed by atoms with Crippen LogP contribution in [-0.4, -0.2) is 51.4 Å². The number of rotatable bonds is 13. The first-order valence-corrected chi connectivity index (χ1v) is 15.3. The van der Waals surface area contributed by atoms with Gasteiger partial charge in [0.1, 0.15) is 18.3 Å². The smallest absolute Gasteiger partial charge is 0.264 e. The van der Waals surface area contributed by atoms with Crippen LogP contribution >= 0.6 is 0 Å². The van der Waals surface area contributed by atoms with Gasteiger partial charge >= 0.3 is 0 Å². The largest absolute Gasteiger partial charge is 0.497 e. The molecule has 0 unspecified atom stereocenters. The first-order valence-electron chi connectivity index (χ1n) is 13.9. The maximum absolute atomic E-state index is 14.1. The number of amides is 2. The van der Waals surface area contributed by atoms with E-state index < -0.39 is 28.5 Å². The third-order valence-corrected chi connectivity index (χ3v) is 8.77. The van der Waals surface area contributed by atoms with E-state index in [0.29, 0.717) is 24.4 Å². The Morgan fingerprint density at radius 3 is 2.02 bits per heavy atom. The van der Waals surface area contributed by atoms with Crippen LogP contribution in [0, 0.1) is 6.92 Å². The second kappa shape index (κ2) is 14.2. The molecule has 0 spiro atoms. The predicted molar refractivity (Wildman–Crippen MR) is 163 cm³/mol. The molecule has 3 aromatic rings. The maximum atomic E-state index is 14.1. The monoisotopic (exact) mass is 579 g/mol. The van der Waals surface area contributed by atoms with Crippen LogP contribution in [0.15, 0.2) is 77.7 Å². The first kappa shape index (κ1) is 31.7. The highest BCUT2D eigenvalue weighted by molar-refractivity contribution is 7.92. The Morgan fingerprint density at radius 1 is 0.902 bits per heavy atom. The van der Waals surface area contributed by atoms with Crippen molar-refractivity contribution in [1.29, 1.82) is 0 Å². The third kappa shape index (κ3) is 7.88. The standard InChI is InChI=1S/C32H41N3O5S/c1-7-30(32(37)33-8-2)34(21-25-11-17-28(40-6)18-12-25)31(36)22-35(27-15-13-26(14-16-27)23(3)4)41(38,39)29-19-9-24(5)10-20-29/h9-20,23,30H,7-8,21-22H2,1-6H3,(H,33,37)/t30-/m1/s1. The second-order valence-electron chi connectivity index (χ2n) is 10.3. The van der Waals surface area contributed by atoms with Crippen molar-refractivity contribution in [2.24, 2.45) is 0 Å². The molecule has 0 aliphatic heterocycles. The molecule has 0 aromatic heterocycles. The van der Waals surface area contributed by atoms with E-state index in [9.17, 15) is 18.0 Å². The van der Waals surface area contributed by atoms with Crippen molar-refractivity contribution >= 4 is 27.5 Å². The number of hydrogen-bond donors (Lipinski definition) is 1. The van der Waals surface area contributed by atoms with Crippen LogP contribution in [0.3, 0.4) is 0 Å². The third-order valence-electron chi connectivity index (χ3n) is 6.98. The molecule has 9 heteroatoms. The summed E-state index contributed by atoms with van der Waals surface area (Å²) in [5, 5.41) is 2.81. The van der Waals surface area contributed by atoms with Gasteiger partial charge in [0.25, 0.3) is 10.0 Å². The highest BCUT2D eigenvalue weighted by atomic mass is 32.2. The van der Waals surface area contributed by atoms with E-state index >= 15 is 0 Å². The van der Waals surface area contributed by atoms with Crippen molar-refractivity contribution in [2.75, 3.05) is 24.5 Å². The van der Waals surface area contributed by atoms with E-state index in [1.54, 1.807) is 55.6 Å². The molecule has 2 amide bonds. The maximum Gasteiger partial charge on any atom is 0.264 e. The zero-order valence-electron chi connectivity index (χ0n) is 24.8. The van der Waals surface area contributed by atoms with Crippen LogP contribution < -0.4 is 14.4 Å². The van der Waals surface area contributed by atoms with E-state index in [-0.39, 0.29) is 23.3 Å². The number of hydrogen-bond acceptors (Lipinski definition) is 5. The number of likely N-dealkylation sites (N-methyl/N-ethyl adjacent to an activating group) is 1. The van der Waals surface area contributed by atoms with Crippen molar-refractivity contribution in [3.05, 3.63) is 89.5 Å². The fourth-order valence-electron chi connectivity index (χ4n) is 4.53. The Labute approximate surface area is 244 Å². The van der Waals surface area contributed by atoms with Crippen molar-refractivity contribution in [1.82, 2.24) is 10.2 Å². The Kier molecular flexibility index (Phi) is 10.9. The van der Waals surface area contributed by atoms with Gasteiger partial charge in [0.15, 0.2) is 0 Å². The van der Waals surface area contributed by atoms with Gasteiger partial charge in [-0.05, 0) is 73.7 Å². The van der Waals surface area contributed by atoms with Gasteiger partial charge in [-0.3, -0.25) is 13.9 Å². The van der Waals surface area contributed by atoms with Gasteiger partial charge in [0.05, 0.1) is 17.7 Å². The molecule has 0 saturated heterocycles. The van der Waals surface area contributed by atoms with Gasteiger partial charge in [-0.1, -0.05) is 62.7 Å². The predicted octanol–water partition coefficient (Wildman–Crippen LogP) is 5.27. The number of methoxy groups -OCH3 is 1. The average Bonchev–Trinajstić information content (AvgIpc) is 2.96. The lowest BCUT2D eigenvalue weighted by Gasteiger charge is -2.33. The Hall–Kier alpha value is -3.85. The number of ether oxygens (including phenoxy) is 1. The van der Waals surface area contributed by atoms with Gasteiger partial charge in [-0.15, -0.1) is 0 Å². The van der Waals surface area contributed by atoms with E-state index in [1.165, 1.54) is 4.90 Å². The van der Waals surface area contributed by atoms with Gasteiger partial charge in [0, 0.05) is 13.1 Å². The summed E-state index contributed by atoms with van der Waals surface area (Å²) >= 11 is 0. The fraction of sp³-hybridized carbons (Fsp3) is 0.375. The lowest BCUT2D eigenvalue weighted by molar-refractivity contribution is -0.140. The molecule has 0 saturated carbocycles.